The highest BCUT2D eigenvalue weighted by Crippen LogP contribution is 2.31. The lowest BCUT2D eigenvalue weighted by Gasteiger charge is -2.02. The Morgan fingerprint density at radius 2 is 2.22 bits per heavy atom. The van der Waals surface area contributed by atoms with E-state index in [1.54, 1.807) is 18.3 Å². The topological polar surface area (TPSA) is 46.3 Å². The number of thiazole rings is 1. The van der Waals surface area contributed by atoms with Gasteiger partial charge in [0.2, 0.25) is 0 Å². The highest BCUT2D eigenvalue weighted by Gasteiger charge is 2.18. The Morgan fingerprint density at radius 3 is 2.94 bits per heavy atom. The van der Waals surface area contributed by atoms with E-state index in [2.05, 4.69) is 4.98 Å². The van der Waals surface area contributed by atoms with Crippen LogP contribution < -0.4 is 0 Å². The Kier molecular flexibility index (Phi) is 2.65. The third-order valence-electron chi connectivity index (χ3n) is 2.68. The number of rotatable bonds is 2. The molecule has 0 aliphatic heterocycles. The number of aliphatic hydroxyl groups excluding tert-OH is 1. The first-order valence-electron chi connectivity index (χ1n) is 5.43. The summed E-state index contributed by atoms with van der Waals surface area (Å²) in [5, 5.41) is 11.7. The fraction of sp³-hybridized carbons (Fsp3) is 0.154. The molecule has 3 aromatic rings. The molecule has 0 amide bonds. The molecule has 3 nitrogen and oxygen atoms in total. The predicted molar refractivity (Wildman–Crippen MR) is 67.1 cm³/mol. The summed E-state index contributed by atoms with van der Waals surface area (Å²) in [6.07, 6.45) is 0.769. The van der Waals surface area contributed by atoms with Crippen LogP contribution in [0.3, 0.4) is 0 Å². The highest BCUT2D eigenvalue weighted by atomic mass is 32.1. The van der Waals surface area contributed by atoms with E-state index in [1.165, 1.54) is 23.5 Å². The summed E-state index contributed by atoms with van der Waals surface area (Å²) in [6, 6.07) is 5.92. The molecule has 0 aliphatic rings. The number of benzene rings is 1. The van der Waals surface area contributed by atoms with Crippen LogP contribution in [0.1, 0.15) is 21.7 Å². The van der Waals surface area contributed by atoms with Gasteiger partial charge in [-0.2, -0.15) is 0 Å². The molecule has 1 N–H and O–H groups in total. The van der Waals surface area contributed by atoms with Crippen molar-refractivity contribution in [2.24, 2.45) is 0 Å². The Hall–Kier alpha value is -1.72. The Balaban J connectivity index is 2.03. The minimum absolute atomic E-state index is 0.321. The number of nitrogens with zero attached hydrogens (tertiary/aromatic N) is 1. The van der Waals surface area contributed by atoms with Crippen LogP contribution in [0.15, 0.2) is 34.9 Å². The molecule has 0 fully saturated rings. The molecule has 2 heterocycles. The lowest BCUT2D eigenvalue weighted by Crippen LogP contribution is -1.94. The van der Waals surface area contributed by atoms with Crippen LogP contribution in [-0.2, 0) is 0 Å². The number of hydrogen-bond donors (Lipinski definition) is 1. The molecular formula is C13H10FNO2S. The van der Waals surface area contributed by atoms with Gasteiger partial charge >= 0.3 is 0 Å². The molecule has 0 saturated carbocycles. The van der Waals surface area contributed by atoms with Gasteiger partial charge < -0.3 is 9.52 Å². The van der Waals surface area contributed by atoms with Crippen molar-refractivity contribution in [3.63, 3.8) is 0 Å². The lowest BCUT2D eigenvalue weighted by atomic mass is 10.2. The van der Waals surface area contributed by atoms with E-state index in [4.69, 9.17) is 4.42 Å². The molecule has 18 heavy (non-hydrogen) atoms. The van der Waals surface area contributed by atoms with Crippen LogP contribution >= 0.6 is 11.3 Å². The predicted octanol–water partition coefficient (Wildman–Crippen LogP) is 3.42. The Morgan fingerprint density at radius 1 is 1.39 bits per heavy atom. The molecular weight excluding hydrogens is 253 g/mol. The molecule has 92 valence electrons. The molecule has 1 atom stereocenters. The van der Waals surface area contributed by atoms with E-state index < -0.39 is 6.10 Å². The molecule has 0 aliphatic carbocycles. The number of halogens is 1. The molecule has 0 radical (unpaired) electrons. The normalized spacial score (nSPS) is 13.1. The summed E-state index contributed by atoms with van der Waals surface area (Å²) in [5.74, 6) is 0.0808. The van der Waals surface area contributed by atoms with Crippen molar-refractivity contribution < 1.29 is 13.9 Å². The molecule has 0 saturated heterocycles. The molecule has 0 spiro atoms. The molecule has 3 rings (SSSR count). The molecule has 5 heteroatoms. The fourth-order valence-electron chi connectivity index (χ4n) is 1.81. The van der Waals surface area contributed by atoms with Gasteiger partial charge in [0.1, 0.15) is 23.3 Å². The summed E-state index contributed by atoms with van der Waals surface area (Å²) in [4.78, 5) is 4.80. The fourth-order valence-corrected chi connectivity index (χ4v) is 2.59. The number of furan rings is 1. The summed E-state index contributed by atoms with van der Waals surface area (Å²) in [6.45, 7) is 1.87. The van der Waals surface area contributed by atoms with E-state index in [1.807, 2.05) is 6.92 Å². The average molecular weight is 263 g/mol. The van der Waals surface area contributed by atoms with Crippen LogP contribution in [0.25, 0.3) is 11.0 Å². The molecule has 2 aromatic heterocycles. The van der Waals surface area contributed by atoms with Gasteiger partial charge in [0.25, 0.3) is 0 Å². The number of aryl methyl sites for hydroxylation is 1. The zero-order valence-corrected chi connectivity index (χ0v) is 10.4. The average Bonchev–Trinajstić information content (AvgIpc) is 2.93. The summed E-state index contributed by atoms with van der Waals surface area (Å²) < 4.78 is 18.6. The number of aliphatic hydroxyl groups is 1. The zero-order valence-electron chi connectivity index (χ0n) is 9.55. The molecule has 1 unspecified atom stereocenters. The van der Waals surface area contributed by atoms with Crippen molar-refractivity contribution >= 4 is 22.3 Å². The van der Waals surface area contributed by atoms with E-state index in [9.17, 15) is 9.50 Å². The van der Waals surface area contributed by atoms with Crippen molar-refractivity contribution in [3.05, 3.63) is 51.9 Å². The van der Waals surface area contributed by atoms with Crippen LogP contribution in [0.5, 0.6) is 0 Å². The van der Waals surface area contributed by atoms with E-state index in [-0.39, 0.29) is 5.82 Å². The van der Waals surface area contributed by atoms with Gasteiger partial charge in [0.15, 0.2) is 0 Å². The number of aromatic nitrogens is 1. The van der Waals surface area contributed by atoms with E-state index >= 15 is 0 Å². The highest BCUT2D eigenvalue weighted by molar-refractivity contribution is 7.11. The van der Waals surface area contributed by atoms with Gasteiger partial charge in [-0.05, 0) is 31.2 Å². The first kappa shape index (κ1) is 11.4. The SMILES string of the molecule is Cc1ncc(C(O)c2cc3cc(F)ccc3o2)s1. The second kappa shape index (κ2) is 4.19. The summed E-state index contributed by atoms with van der Waals surface area (Å²) in [7, 11) is 0. The molecule has 0 bridgehead atoms. The van der Waals surface area contributed by atoms with Gasteiger partial charge in [-0.1, -0.05) is 0 Å². The second-order valence-electron chi connectivity index (χ2n) is 4.02. The van der Waals surface area contributed by atoms with Gasteiger partial charge in [0, 0.05) is 11.6 Å². The zero-order chi connectivity index (χ0) is 12.7. The van der Waals surface area contributed by atoms with E-state index in [0.717, 1.165) is 5.01 Å². The number of fused-ring (bicyclic) bond motifs is 1. The van der Waals surface area contributed by atoms with Crippen molar-refractivity contribution in [1.29, 1.82) is 0 Å². The van der Waals surface area contributed by atoms with Crippen LogP contribution in [-0.4, -0.2) is 10.1 Å². The monoisotopic (exact) mass is 263 g/mol. The first-order valence-corrected chi connectivity index (χ1v) is 6.24. The van der Waals surface area contributed by atoms with Crippen molar-refractivity contribution in [3.8, 4) is 0 Å². The van der Waals surface area contributed by atoms with Crippen molar-refractivity contribution in [2.45, 2.75) is 13.0 Å². The number of hydrogen-bond acceptors (Lipinski definition) is 4. The maximum absolute atomic E-state index is 13.1. The minimum Gasteiger partial charge on any atom is -0.458 e. The first-order chi connectivity index (χ1) is 8.63. The summed E-state index contributed by atoms with van der Waals surface area (Å²) >= 11 is 1.41. The third kappa shape index (κ3) is 1.91. The Bertz CT molecular complexity index is 704. The largest absolute Gasteiger partial charge is 0.458 e. The smallest absolute Gasteiger partial charge is 0.147 e. The maximum Gasteiger partial charge on any atom is 0.147 e. The van der Waals surface area contributed by atoms with Crippen LogP contribution in [0.2, 0.25) is 0 Å². The molecule has 1 aromatic carbocycles. The van der Waals surface area contributed by atoms with Crippen LogP contribution in [0, 0.1) is 12.7 Å². The van der Waals surface area contributed by atoms with Crippen molar-refractivity contribution in [1.82, 2.24) is 4.98 Å². The van der Waals surface area contributed by atoms with Gasteiger partial charge in [-0.3, -0.25) is 0 Å². The maximum atomic E-state index is 13.1. The standard InChI is InChI=1S/C13H10FNO2S/c1-7-15-6-12(18-7)13(16)11-5-8-4-9(14)2-3-10(8)17-11/h2-6,13,16H,1H3. The lowest BCUT2D eigenvalue weighted by molar-refractivity contribution is 0.195. The van der Waals surface area contributed by atoms with Gasteiger partial charge in [-0.15, -0.1) is 11.3 Å². The van der Waals surface area contributed by atoms with Crippen LogP contribution in [0.4, 0.5) is 4.39 Å². The Labute approximate surface area is 107 Å². The summed E-state index contributed by atoms with van der Waals surface area (Å²) in [5.41, 5.74) is 0.562. The third-order valence-corrected chi connectivity index (χ3v) is 3.64. The van der Waals surface area contributed by atoms with Gasteiger partial charge in [0.05, 0.1) is 9.88 Å². The second-order valence-corrected chi connectivity index (χ2v) is 5.28. The quantitative estimate of drug-likeness (QED) is 0.770. The minimum atomic E-state index is -0.855. The van der Waals surface area contributed by atoms with Crippen molar-refractivity contribution in [2.75, 3.05) is 0 Å². The van der Waals surface area contributed by atoms with E-state index in [0.29, 0.717) is 21.6 Å². The van der Waals surface area contributed by atoms with Gasteiger partial charge in [-0.25, -0.2) is 9.37 Å².